The van der Waals surface area contributed by atoms with Crippen LogP contribution in [0.4, 0.5) is 5.82 Å². The fourth-order valence-corrected chi connectivity index (χ4v) is 2.81. The van der Waals surface area contributed by atoms with Gasteiger partial charge in [0, 0.05) is 6.07 Å². The first kappa shape index (κ1) is 15.0. The van der Waals surface area contributed by atoms with Gasteiger partial charge in [-0.2, -0.15) is 5.10 Å². The molecule has 1 aromatic rings. The summed E-state index contributed by atoms with van der Waals surface area (Å²) in [5, 5.41) is 17.5. The molecule has 20 heavy (non-hydrogen) atoms. The second kappa shape index (κ2) is 6.39. The van der Waals surface area contributed by atoms with Gasteiger partial charge in [0.25, 0.3) is 0 Å². The van der Waals surface area contributed by atoms with Crippen molar-refractivity contribution >= 4 is 11.7 Å². The van der Waals surface area contributed by atoms with E-state index in [1.165, 1.54) is 0 Å². The van der Waals surface area contributed by atoms with Crippen molar-refractivity contribution in [2.75, 3.05) is 5.32 Å². The van der Waals surface area contributed by atoms with E-state index in [9.17, 15) is 9.90 Å². The van der Waals surface area contributed by atoms with Crippen molar-refractivity contribution in [3.63, 3.8) is 0 Å². The van der Waals surface area contributed by atoms with Crippen LogP contribution in [0.25, 0.3) is 0 Å². The molecule has 112 valence electrons. The highest BCUT2D eigenvalue weighted by molar-refractivity contribution is 5.90. The van der Waals surface area contributed by atoms with Gasteiger partial charge in [-0.15, -0.1) is 0 Å². The zero-order valence-electron chi connectivity index (χ0n) is 12.4. The summed E-state index contributed by atoms with van der Waals surface area (Å²) < 4.78 is 1.82. The van der Waals surface area contributed by atoms with E-state index in [0.717, 1.165) is 38.5 Å². The molecule has 1 aliphatic rings. The summed E-state index contributed by atoms with van der Waals surface area (Å²) >= 11 is 0. The Morgan fingerprint density at radius 2 is 2.20 bits per heavy atom. The highest BCUT2D eigenvalue weighted by Gasteiger charge is 2.31. The Morgan fingerprint density at radius 1 is 1.50 bits per heavy atom. The second-order valence-electron chi connectivity index (χ2n) is 5.93. The molecule has 1 saturated carbocycles. The molecule has 0 saturated heterocycles. The number of aromatic nitrogens is 2. The number of aliphatic hydroxyl groups is 1. The van der Waals surface area contributed by atoms with Gasteiger partial charge >= 0.3 is 0 Å². The van der Waals surface area contributed by atoms with Crippen molar-refractivity contribution in [3.8, 4) is 0 Å². The summed E-state index contributed by atoms with van der Waals surface area (Å²) in [6, 6.07) is 2.05. The van der Waals surface area contributed by atoms with Crippen LogP contribution in [-0.4, -0.2) is 26.4 Å². The Hall–Kier alpha value is -1.36. The van der Waals surface area contributed by atoms with Gasteiger partial charge in [0.2, 0.25) is 5.91 Å². The molecule has 1 aliphatic carbocycles. The summed E-state index contributed by atoms with van der Waals surface area (Å²) in [7, 11) is 0. The van der Waals surface area contributed by atoms with E-state index < -0.39 is 5.60 Å². The van der Waals surface area contributed by atoms with Gasteiger partial charge in [0.15, 0.2) is 0 Å². The topological polar surface area (TPSA) is 67.2 Å². The lowest BCUT2D eigenvalue weighted by Gasteiger charge is -2.31. The van der Waals surface area contributed by atoms with E-state index in [2.05, 4.69) is 24.3 Å². The van der Waals surface area contributed by atoms with Crippen molar-refractivity contribution in [2.45, 2.75) is 70.4 Å². The van der Waals surface area contributed by atoms with Gasteiger partial charge in [0.1, 0.15) is 5.82 Å². The SMILES string of the molecule is CCC(C)n1nccc1NC(=O)CC1(O)CCCCC1. The van der Waals surface area contributed by atoms with Crippen LogP contribution in [0.15, 0.2) is 12.3 Å². The standard InChI is InChI=1S/C15H25N3O2/c1-3-12(2)18-13(7-10-16-18)17-14(19)11-15(20)8-5-4-6-9-15/h7,10,12,20H,3-6,8-9,11H2,1-2H3,(H,17,19). The average Bonchev–Trinajstić information content (AvgIpc) is 2.86. The molecule has 1 unspecified atom stereocenters. The van der Waals surface area contributed by atoms with Crippen LogP contribution in [0.2, 0.25) is 0 Å². The zero-order valence-corrected chi connectivity index (χ0v) is 12.4. The minimum absolute atomic E-state index is 0.126. The summed E-state index contributed by atoms with van der Waals surface area (Å²) in [6.45, 7) is 4.15. The van der Waals surface area contributed by atoms with Crippen LogP contribution in [0.5, 0.6) is 0 Å². The Bertz CT molecular complexity index is 450. The third-order valence-corrected chi connectivity index (χ3v) is 4.22. The van der Waals surface area contributed by atoms with E-state index >= 15 is 0 Å². The van der Waals surface area contributed by atoms with E-state index in [-0.39, 0.29) is 18.4 Å². The predicted octanol–water partition coefficient (Wildman–Crippen LogP) is 2.88. The molecule has 0 spiro atoms. The molecule has 1 heterocycles. The van der Waals surface area contributed by atoms with Crippen molar-refractivity contribution in [3.05, 3.63) is 12.3 Å². The normalized spacial score (nSPS) is 19.6. The minimum atomic E-state index is -0.816. The molecule has 0 bridgehead atoms. The van der Waals surface area contributed by atoms with Crippen LogP contribution < -0.4 is 5.32 Å². The number of amides is 1. The van der Waals surface area contributed by atoms with Gasteiger partial charge in [-0.05, 0) is 26.2 Å². The van der Waals surface area contributed by atoms with Crippen LogP contribution in [0.1, 0.15) is 64.8 Å². The number of nitrogens with one attached hydrogen (secondary N) is 1. The summed E-state index contributed by atoms with van der Waals surface area (Å²) in [6.07, 6.45) is 7.45. The highest BCUT2D eigenvalue weighted by atomic mass is 16.3. The maximum absolute atomic E-state index is 12.1. The molecular formula is C15H25N3O2. The lowest BCUT2D eigenvalue weighted by Crippen LogP contribution is -2.36. The van der Waals surface area contributed by atoms with Crippen LogP contribution in [0, 0.1) is 0 Å². The Labute approximate surface area is 120 Å². The maximum atomic E-state index is 12.1. The monoisotopic (exact) mass is 279 g/mol. The number of rotatable bonds is 5. The van der Waals surface area contributed by atoms with Crippen LogP contribution in [-0.2, 0) is 4.79 Å². The Kier molecular flexibility index (Phi) is 4.81. The Morgan fingerprint density at radius 3 is 2.85 bits per heavy atom. The van der Waals surface area contributed by atoms with Gasteiger partial charge < -0.3 is 10.4 Å². The molecule has 1 aromatic heterocycles. The predicted molar refractivity (Wildman–Crippen MR) is 78.5 cm³/mol. The molecular weight excluding hydrogens is 254 g/mol. The Balaban J connectivity index is 1.96. The number of carbonyl (C=O) groups is 1. The van der Waals surface area contributed by atoms with E-state index in [1.807, 2.05) is 4.68 Å². The van der Waals surface area contributed by atoms with Crippen molar-refractivity contribution in [1.82, 2.24) is 9.78 Å². The van der Waals surface area contributed by atoms with E-state index in [0.29, 0.717) is 5.82 Å². The highest BCUT2D eigenvalue weighted by Crippen LogP contribution is 2.31. The first-order chi connectivity index (χ1) is 9.54. The lowest BCUT2D eigenvalue weighted by atomic mass is 9.82. The van der Waals surface area contributed by atoms with Crippen molar-refractivity contribution in [1.29, 1.82) is 0 Å². The van der Waals surface area contributed by atoms with Crippen LogP contribution >= 0.6 is 0 Å². The quantitative estimate of drug-likeness (QED) is 0.871. The molecule has 1 amide bonds. The molecule has 5 heteroatoms. The lowest BCUT2D eigenvalue weighted by molar-refractivity contribution is -0.122. The van der Waals surface area contributed by atoms with E-state index in [1.54, 1.807) is 12.3 Å². The number of nitrogens with zero attached hydrogens (tertiary/aromatic N) is 2. The summed E-state index contributed by atoms with van der Waals surface area (Å²) in [5.41, 5.74) is -0.816. The summed E-state index contributed by atoms with van der Waals surface area (Å²) in [5.74, 6) is 0.586. The smallest absolute Gasteiger partial charge is 0.228 e. The molecule has 5 nitrogen and oxygen atoms in total. The largest absolute Gasteiger partial charge is 0.389 e. The third-order valence-electron chi connectivity index (χ3n) is 4.22. The number of hydrogen-bond acceptors (Lipinski definition) is 3. The molecule has 0 aromatic carbocycles. The van der Waals surface area contributed by atoms with Crippen molar-refractivity contribution in [2.24, 2.45) is 0 Å². The zero-order chi connectivity index (χ0) is 14.6. The molecule has 0 aliphatic heterocycles. The van der Waals surface area contributed by atoms with E-state index in [4.69, 9.17) is 0 Å². The third kappa shape index (κ3) is 3.60. The maximum Gasteiger partial charge on any atom is 0.228 e. The molecule has 0 radical (unpaired) electrons. The summed E-state index contributed by atoms with van der Waals surface area (Å²) in [4.78, 5) is 12.1. The van der Waals surface area contributed by atoms with Gasteiger partial charge in [-0.3, -0.25) is 4.79 Å². The van der Waals surface area contributed by atoms with Gasteiger partial charge in [-0.25, -0.2) is 4.68 Å². The first-order valence-electron chi connectivity index (χ1n) is 7.60. The van der Waals surface area contributed by atoms with Crippen molar-refractivity contribution < 1.29 is 9.90 Å². The molecule has 1 fully saturated rings. The molecule has 2 N–H and O–H groups in total. The minimum Gasteiger partial charge on any atom is -0.389 e. The number of anilines is 1. The average molecular weight is 279 g/mol. The number of hydrogen-bond donors (Lipinski definition) is 2. The molecule has 1 atom stereocenters. The fourth-order valence-electron chi connectivity index (χ4n) is 2.81. The van der Waals surface area contributed by atoms with Gasteiger partial charge in [0.05, 0.1) is 24.3 Å². The second-order valence-corrected chi connectivity index (χ2v) is 5.93. The van der Waals surface area contributed by atoms with Crippen LogP contribution in [0.3, 0.4) is 0 Å². The first-order valence-corrected chi connectivity index (χ1v) is 7.60. The fraction of sp³-hybridized carbons (Fsp3) is 0.733. The van der Waals surface area contributed by atoms with Gasteiger partial charge in [-0.1, -0.05) is 26.2 Å². The number of carbonyl (C=O) groups excluding carboxylic acids is 1. The molecule has 2 rings (SSSR count).